The second-order valence-electron chi connectivity index (χ2n) is 5.44. The minimum atomic E-state index is -0.0798. The number of rotatable bonds is 4. The Labute approximate surface area is 137 Å². The van der Waals surface area contributed by atoms with E-state index in [1.165, 1.54) is 11.8 Å². The van der Waals surface area contributed by atoms with Gasteiger partial charge in [-0.3, -0.25) is 9.36 Å². The van der Waals surface area contributed by atoms with E-state index in [0.717, 1.165) is 12.0 Å². The normalized spacial score (nSPS) is 12.7. The molecule has 0 amide bonds. The Hall–Kier alpha value is -2.15. The van der Waals surface area contributed by atoms with Gasteiger partial charge in [0.1, 0.15) is 0 Å². The van der Waals surface area contributed by atoms with Crippen LogP contribution in [0.3, 0.4) is 0 Å². The van der Waals surface area contributed by atoms with Crippen molar-refractivity contribution in [3.63, 3.8) is 0 Å². The monoisotopic (exact) mass is 330 g/mol. The van der Waals surface area contributed by atoms with Crippen LogP contribution in [0.4, 0.5) is 0 Å². The summed E-state index contributed by atoms with van der Waals surface area (Å²) in [6.07, 6.45) is 0.729. The van der Waals surface area contributed by atoms with Crippen LogP contribution in [0, 0.1) is 6.92 Å². The molecule has 23 heavy (non-hydrogen) atoms. The maximum absolute atomic E-state index is 12.5. The fourth-order valence-corrected chi connectivity index (χ4v) is 3.16. The summed E-state index contributed by atoms with van der Waals surface area (Å²) in [5.74, 6) is 1.23. The first-order valence-electron chi connectivity index (χ1n) is 7.46. The molecule has 0 aliphatic carbocycles. The molecule has 1 atom stereocenters. The highest BCUT2D eigenvalue weighted by molar-refractivity contribution is 7.99. The quantitative estimate of drug-likeness (QED) is 0.541. The average molecular weight is 330 g/mol. The van der Waals surface area contributed by atoms with Gasteiger partial charge in [0.25, 0.3) is 5.56 Å². The third-order valence-corrected chi connectivity index (χ3v) is 4.75. The van der Waals surface area contributed by atoms with Gasteiger partial charge in [0.05, 0.1) is 16.2 Å². The number of thioether (sulfide) groups is 1. The summed E-state index contributed by atoms with van der Waals surface area (Å²) in [7, 11) is 1.73. The molecule has 7 heteroatoms. The minimum Gasteiger partial charge on any atom is -0.338 e. The molecule has 0 saturated heterocycles. The van der Waals surface area contributed by atoms with Crippen molar-refractivity contribution in [1.82, 2.24) is 19.7 Å². The Morgan fingerprint density at radius 3 is 2.83 bits per heavy atom. The van der Waals surface area contributed by atoms with E-state index in [1.54, 1.807) is 11.6 Å². The SMILES string of the molecule is CCc1noc(C(C)Sc2nc3ccc(C)cc3c(=O)n2C)n1. The lowest BCUT2D eigenvalue weighted by molar-refractivity contribution is 0.375. The van der Waals surface area contributed by atoms with E-state index in [4.69, 9.17) is 4.52 Å². The molecule has 3 aromatic rings. The zero-order valence-electron chi connectivity index (χ0n) is 13.5. The van der Waals surface area contributed by atoms with Crippen molar-refractivity contribution in [2.45, 2.75) is 37.6 Å². The molecule has 0 fully saturated rings. The molecular weight excluding hydrogens is 312 g/mol. The van der Waals surface area contributed by atoms with Crippen molar-refractivity contribution in [3.05, 3.63) is 45.8 Å². The fraction of sp³-hybridized carbons (Fsp3) is 0.375. The van der Waals surface area contributed by atoms with Gasteiger partial charge in [0.15, 0.2) is 11.0 Å². The molecule has 2 aromatic heterocycles. The third-order valence-electron chi connectivity index (χ3n) is 3.62. The van der Waals surface area contributed by atoms with Crippen LogP contribution in [0.1, 0.15) is 36.4 Å². The number of hydrogen-bond acceptors (Lipinski definition) is 6. The molecule has 0 spiro atoms. The fourth-order valence-electron chi connectivity index (χ4n) is 2.25. The predicted octanol–water partition coefficient (Wildman–Crippen LogP) is 3.04. The molecular formula is C16H18N4O2S. The molecule has 1 unspecified atom stereocenters. The summed E-state index contributed by atoms with van der Waals surface area (Å²) in [6.45, 7) is 5.90. The lowest BCUT2D eigenvalue weighted by Gasteiger charge is -2.11. The third kappa shape index (κ3) is 3.01. The zero-order valence-corrected chi connectivity index (χ0v) is 14.3. The van der Waals surface area contributed by atoms with Crippen LogP contribution in [-0.2, 0) is 13.5 Å². The number of benzene rings is 1. The van der Waals surface area contributed by atoms with Crippen LogP contribution in [0.15, 0.2) is 32.7 Å². The Balaban J connectivity index is 1.98. The second kappa shape index (κ2) is 6.16. The van der Waals surface area contributed by atoms with E-state index in [-0.39, 0.29) is 10.8 Å². The van der Waals surface area contributed by atoms with Crippen molar-refractivity contribution in [1.29, 1.82) is 0 Å². The molecule has 120 valence electrons. The number of nitrogens with zero attached hydrogens (tertiary/aromatic N) is 4. The topological polar surface area (TPSA) is 73.8 Å². The van der Waals surface area contributed by atoms with E-state index in [9.17, 15) is 4.79 Å². The summed E-state index contributed by atoms with van der Waals surface area (Å²) < 4.78 is 6.84. The Bertz CT molecular complexity index is 916. The lowest BCUT2D eigenvalue weighted by atomic mass is 10.2. The van der Waals surface area contributed by atoms with E-state index in [1.807, 2.05) is 39.0 Å². The van der Waals surface area contributed by atoms with Gasteiger partial charge in [-0.15, -0.1) is 0 Å². The maximum Gasteiger partial charge on any atom is 0.261 e. The Kier molecular flexibility index (Phi) is 4.21. The average Bonchev–Trinajstić information content (AvgIpc) is 3.02. The molecule has 0 bridgehead atoms. The van der Waals surface area contributed by atoms with Crippen LogP contribution in [0.25, 0.3) is 10.9 Å². The highest BCUT2D eigenvalue weighted by Crippen LogP contribution is 2.32. The summed E-state index contributed by atoms with van der Waals surface area (Å²) in [5, 5.41) is 5.10. The smallest absolute Gasteiger partial charge is 0.261 e. The number of fused-ring (bicyclic) bond motifs is 1. The van der Waals surface area contributed by atoms with Gasteiger partial charge in [-0.1, -0.05) is 35.5 Å². The van der Waals surface area contributed by atoms with Crippen LogP contribution >= 0.6 is 11.8 Å². The molecule has 6 nitrogen and oxygen atoms in total. The van der Waals surface area contributed by atoms with Gasteiger partial charge in [0.2, 0.25) is 5.89 Å². The van der Waals surface area contributed by atoms with Gasteiger partial charge in [0, 0.05) is 13.5 Å². The van der Waals surface area contributed by atoms with Crippen molar-refractivity contribution in [3.8, 4) is 0 Å². The molecule has 0 saturated carbocycles. The van der Waals surface area contributed by atoms with Gasteiger partial charge in [-0.05, 0) is 26.0 Å². The van der Waals surface area contributed by atoms with Crippen LogP contribution in [0.5, 0.6) is 0 Å². The summed E-state index contributed by atoms with van der Waals surface area (Å²) >= 11 is 1.44. The van der Waals surface area contributed by atoms with Crippen molar-refractivity contribution >= 4 is 22.7 Å². The summed E-state index contributed by atoms with van der Waals surface area (Å²) in [4.78, 5) is 21.5. The van der Waals surface area contributed by atoms with E-state index >= 15 is 0 Å². The van der Waals surface area contributed by atoms with Crippen molar-refractivity contribution in [2.24, 2.45) is 7.05 Å². The van der Waals surface area contributed by atoms with Gasteiger partial charge in [-0.25, -0.2) is 4.98 Å². The zero-order chi connectivity index (χ0) is 16.6. The number of aromatic nitrogens is 4. The first-order valence-corrected chi connectivity index (χ1v) is 8.34. The van der Waals surface area contributed by atoms with Crippen molar-refractivity contribution < 1.29 is 4.52 Å². The summed E-state index contributed by atoms with van der Waals surface area (Å²) in [6, 6.07) is 5.70. The Morgan fingerprint density at radius 1 is 1.35 bits per heavy atom. The van der Waals surface area contributed by atoms with Gasteiger partial charge >= 0.3 is 0 Å². The maximum atomic E-state index is 12.5. The predicted molar refractivity (Wildman–Crippen MR) is 89.7 cm³/mol. The van der Waals surface area contributed by atoms with Crippen LogP contribution in [-0.4, -0.2) is 19.7 Å². The molecule has 0 aliphatic heterocycles. The minimum absolute atomic E-state index is 0.0480. The van der Waals surface area contributed by atoms with E-state index in [0.29, 0.717) is 27.8 Å². The highest BCUT2D eigenvalue weighted by Gasteiger charge is 2.18. The largest absolute Gasteiger partial charge is 0.338 e. The van der Waals surface area contributed by atoms with Crippen molar-refractivity contribution in [2.75, 3.05) is 0 Å². The summed E-state index contributed by atoms with van der Waals surface area (Å²) in [5.41, 5.74) is 1.70. The van der Waals surface area contributed by atoms with E-state index in [2.05, 4.69) is 15.1 Å². The molecule has 0 radical (unpaired) electrons. The number of hydrogen-bond donors (Lipinski definition) is 0. The van der Waals surface area contributed by atoms with Crippen LogP contribution in [0.2, 0.25) is 0 Å². The van der Waals surface area contributed by atoms with Gasteiger partial charge < -0.3 is 4.52 Å². The highest BCUT2D eigenvalue weighted by atomic mass is 32.2. The second-order valence-corrected chi connectivity index (χ2v) is 6.75. The Morgan fingerprint density at radius 2 is 2.13 bits per heavy atom. The molecule has 0 aliphatic rings. The molecule has 1 aromatic carbocycles. The first-order chi connectivity index (χ1) is 11.0. The molecule has 3 rings (SSSR count). The van der Waals surface area contributed by atoms with Crippen LogP contribution < -0.4 is 5.56 Å². The molecule has 2 heterocycles. The first kappa shape index (κ1) is 15.7. The molecule has 0 N–H and O–H groups in total. The lowest BCUT2D eigenvalue weighted by Crippen LogP contribution is -2.20. The van der Waals surface area contributed by atoms with Gasteiger partial charge in [-0.2, -0.15) is 4.98 Å². The standard InChI is InChI=1S/C16H18N4O2S/c1-5-13-18-14(22-19-13)10(3)23-16-17-12-7-6-9(2)8-11(12)15(21)20(16)4/h6-8,10H,5H2,1-4H3. The van der Waals surface area contributed by atoms with E-state index < -0.39 is 0 Å². The number of aryl methyl sites for hydroxylation is 2.